The summed E-state index contributed by atoms with van der Waals surface area (Å²) in [6, 6.07) is 10.0. The van der Waals surface area contributed by atoms with Gasteiger partial charge in [-0.15, -0.1) is 0 Å². The van der Waals surface area contributed by atoms with Gasteiger partial charge in [0.2, 0.25) is 0 Å². The topological polar surface area (TPSA) is 61.5 Å². The molecule has 0 radical (unpaired) electrons. The van der Waals surface area contributed by atoms with Gasteiger partial charge in [0, 0.05) is 0 Å². The lowest BCUT2D eigenvalue weighted by atomic mass is 10.2. The summed E-state index contributed by atoms with van der Waals surface area (Å²) >= 11 is 11.8. The summed E-state index contributed by atoms with van der Waals surface area (Å²) in [6.45, 7) is 2.57. The number of esters is 1. The SMILES string of the molecule is CCCOC(=O)c1ccc(N)c(OCc2ccc(Cl)c(Cl)c2)c1. The second kappa shape index (κ2) is 8.09. The molecule has 6 heteroatoms. The summed E-state index contributed by atoms with van der Waals surface area (Å²) in [5.41, 5.74) is 7.57. The molecule has 4 nitrogen and oxygen atoms in total. The molecule has 122 valence electrons. The van der Waals surface area contributed by atoms with E-state index >= 15 is 0 Å². The summed E-state index contributed by atoms with van der Waals surface area (Å²) in [7, 11) is 0. The first-order chi connectivity index (χ1) is 11.0. The molecule has 0 fully saturated rings. The van der Waals surface area contributed by atoms with Crippen LogP contribution in [0.2, 0.25) is 10.0 Å². The molecule has 0 spiro atoms. The van der Waals surface area contributed by atoms with Crippen molar-refractivity contribution in [1.29, 1.82) is 0 Å². The number of rotatable bonds is 6. The predicted molar refractivity (Wildman–Crippen MR) is 92.2 cm³/mol. The highest BCUT2D eigenvalue weighted by Crippen LogP contribution is 2.26. The summed E-state index contributed by atoms with van der Waals surface area (Å²) in [4.78, 5) is 11.9. The molecule has 0 aliphatic carbocycles. The highest BCUT2D eigenvalue weighted by molar-refractivity contribution is 6.42. The molecule has 0 aliphatic heterocycles. The Balaban J connectivity index is 2.09. The van der Waals surface area contributed by atoms with Crippen molar-refractivity contribution in [2.75, 3.05) is 12.3 Å². The van der Waals surface area contributed by atoms with Crippen LogP contribution in [-0.4, -0.2) is 12.6 Å². The van der Waals surface area contributed by atoms with Crippen molar-refractivity contribution in [3.63, 3.8) is 0 Å². The van der Waals surface area contributed by atoms with E-state index in [-0.39, 0.29) is 6.61 Å². The average Bonchev–Trinajstić information content (AvgIpc) is 2.55. The molecule has 2 aromatic rings. The van der Waals surface area contributed by atoms with Gasteiger partial charge in [0.15, 0.2) is 0 Å². The van der Waals surface area contributed by atoms with Gasteiger partial charge in [-0.3, -0.25) is 0 Å². The van der Waals surface area contributed by atoms with Gasteiger partial charge < -0.3 is 15.2 Å². The molecule has 0 aromatic heterocycles. The molecule has 0 bridgehead atoms. The third-order valence-electron chi connectivity index (χ3n) is 3.06. The quantitative estimate of drug-likeness (QED) is 0.602. The summed E-state index contributed by atoms with van der Waals surface area (Å²) in [5, 5.41) is 0.938. The van der Waals surface area contributed by atoms with Crippen molar-refractivity contribution >= 4 is 34.9 Å². The zero-order valence-electron chi connectivity index (χ0n) is 12.6. The summed E-state index contributed by atoms with van der Waals surface area (Å²) < 4.78 is 10.8. The maximum absolute atomic E-state index is 11.9. The van der Waals surface area contributed by atoms with Gasteiger partial charge >= 0.3 is 5.97 Å². The van der Waals surface area contributed by atoms with E-state index in [1.54, 1.807) is 30.3 Å². The molecule has 0 amide bonds. The Morgan fingerprint density at radius 1 is 1.13 bits per heavy atom. The van der Waals surface area contributed by atoms with E-state index in [1.165, 1.54) is 0 Å². The molecule has 0 saturated heterocycles. The van der Waals surface area contributed by atoms with Crippen LogP contribution in [0.5, 0.6) is 5.75 Å². The van der Waals surface area contributed by atoms with E-state index in [2.05, 4.69) is 0 Å². The predicted octanol–water partition coefficient (Wildman–Crippen LogP) is 4.72. The second-order valence-corrected chi connectivity index (χ2v) is 5.74. The number of ether oxygens (including phenoxy) is 2. The van der Waals surface area contributed by atoms with Crippen LogP contribution in [0.25, 0.3) is 0 Å². The maximum atomic E-state index is 11.9. The van der Waals surface area contributed by atoms with Gasteiger partial charge in [-0.05, 0) is 42.3 Å². The standard InChI is InChI=1S/C17H17Cl2NO3/c1-2-7-22-17(21)12-4-6-15(20)16(9-12)23-10-11-3-5-13(18)14(19)8-11/h3-6,8-9H,2,7,10,20H2,1H3. The maximum Gasteiger partial charge on any atom is 0.338 e. The van der Waals surface area contributed by atoms with Gasteiger partial charge in [0.25, 0.3) is 0 Å². The van der Waals surface area contributed by atoms with E-state index < -0.39 is 5.97 Å². The van der Waals surface area contributed by atoms with Crippen LogP contribution in [0, 0.1) is 0 Å². The van der Waals surface area contributed by atoms with Crippen LogP contribution in [0.15, 0.2) is 36.4 Å². The van der Waals surface area contributed by atoms with Crippen LogP contribution in [-0.2, 0) is 11.3 Å². The second-order valence-electron chi connectivity index (χ2n) is 4.93. The molecular weight excluding hydrogens is 337 g/mol. The van der Waals surface area contributed by atoms with Gasteiger partial charge in [-0.2, -0.15) is 0 Å². The molecule has 2 aromatic carbocycles. The van der Waals surface area contributed by atoms with Crippen molar-refractivity contribution in [3.8, 4) is 5.75 Å². The van der Waals surface area contributed by atoms with E-state index in [4.69, 9.17) is 38.4 Å². The molecular formula is C17H17Cl2NO3. The number of benzene rings is 2. The van der Waals surface area contributed by atoms with Crippen LogP contribution in [0.3, 0.4) is 0 Å². The molecule has 2 N–H and O–H groups in total. The van der Waals surface area contributed by atoms with Crippen LogP contribution in [0.4, 0.5) is 5.69 Å². The van der Waals surface area contributed by atoms with Crippen molar-refractivity contribution in [2.24, 2.45) is 0 Å². The van der Waals surface area contributed by atoms with Crippen LogP contribution < -0.4 is 10.5 Å². The lowest BCUT2D eigenvalue weighted by Crippen LogP contribution is -2.07. The minimum Gasteiger partial charge on any atom is -0.487 e. The average molecular weight is 354 g/mol. The lowest BCUT2D eigenvalue weighted by molar-refractivity contribution is 0.0504. The minimum atomic E-state index is -0.397. The Hall–Kier alpha value is -1.91. The van der Waals surface area contributed by atoms with Gasteiger partial charge in [-0.25, -0.2) is 4.79 Å². The molecule has 23 heavy (non-hydrogen) atoms. The Kier molecular flexibility index (Phi) is 6.13. The van der Waals surface area contributed by atoms with Crippen molar-refractivity contribution < 1.29 is 14.3 Å². The van der Waals surface area contributed by atoms with Gasteiger partial charge in [0.05, 0.1) is 27.9 Å². The lowest BCUT2D eigenvalue weighted by Gasteiger charge is -2.11. The molecule has 2 rings (SSSR count). The Morgan fingerprint density at radius 3 is 2.61 bits per heavy atom. The molecule has 0 aliphatic rings. The summed E-state index contributed by atoms with van der Waals surface area (Å²) in [5.74, 6) is 0.0215. The Morgan fingerprint density at radius 2 is 1.91 bits per heavy atom. The van der Waals surface area contributed by atoms with E-state index in [0.717, 1.165) is 12.0 Å². The Labute approximate surface area is 145 Å². The zero-order chi connectivity index (χ0) is 16.8. The fourth-order valence-corrected chi connectivity index (χ4v) is 2.18. The number of anilines is 1. The number of carbonyl (C=O) groups excluding carboxylic acids is 1. The number of hydrogen-bond donors (Lipinski definition) is 1. The minimum absolute atomic E-state index is 0.258. The van der Waals surface area contributed by atoms with Crippen molar-refractivity contribution in [3.05, 3.63) is 57.6 Å². The highest BCUT2D eigenvalue weighted by Gasteiger charge is 2.11. The first-order valence-electron chi connectivity index (χ1n) is 7.14. The molecule has 0 saturated carbocycles. The zero-order valence-corrected chi connectivity index (χ0v) is 14.2. The number of nitrogen functional groups attached to an aromatic ring is 1. The molecule has 0 unspecified atom stereocenters. The van der Waals surface area contributed by atoms with E-state index in [1.807, 2.05) is 13.0 Å². The fraction of sp³-hybridized carbons (Fsp3) is 0.235. The number of hydrogen-bond acceptors (Lipinski definition) is 4. The van der Waals surface area contributed by atoms with Crippen LogP contribution >= 0.6 is 23.2 Å². The smallest absolute Gasteiger partial charge is 0.338 e. The third kappa shape index (κ3) is 4.78. The molecule has 0 heterocycles. The van der Waals surface area contributed by atoms with Crippen molar-refractivity contribution in [1.82, 2.24) is 0 Å². The van der Waals surface area contributed by atoms with Gasteiger partial charge in [-0.1, -0.05) is 36.2 Å². The first-order valence-corrected chi connectivity index (χ1v) is 7.90. The normalized spacial score (nSPS) is 10.4. The van der Waals surface area contributed by atoms with E-state index in [9.17, 15) is 4.79 Å². The van der Waals surface area contributed by atoms with E-state index in [0.29, 0.717) is 33.7 Å². The van der Waals surface area contributed by atoms with Gasteiger partial charge in [0.1, 0.15) is 12.4 Å². The Bertz CT molecular complexity index is 704. The monoisotopic (exact) mass is 353 g/mol. The van der Waals surface area contributed by atoms with Crippen LogP contribution in [0.1, 0.15) is 29.3 Å². The first kappa shape index (κ1) is 17.4. The highest BCUT2D eigenvalue weighted by atomic mass is 35.5. The summed E-state index contributed by atoms with van der Waals surface area (Å²) in [6.07, 6.45) is 0.765. The third-order valence-corrected chi connectivity index (χ3v) is 3.80. The number of halogens is 2. The fourth-order valence-electron chi connectivity index (χ4n) is 1.85. The largest absolute Gasteiger partial charge is 0.487 e. The number of carbonyl (C=O) groups is 1. The van der Waals surface area contributed by atoms with Crippen molar-refractivity contribution in [2.45, 2.75) is 20.0 Å². The number of nitrogens with two attached hydrogens (primary N) is 1. The molecule has 0 atom stereocenters.